The molecule has 0 saturated carbocycles. The van der Waals surface area contributed by atoms with Crippen molar-refractivity contribution < 1.29 is 18.4 Å². The molecule has 3 aromatic rings. The molecule has 0 aromatic carbocycles. The van der Waals surface area contributed by atoms with Crippen molar-refractivity contribution in [3.63, 3.8) is 0 Å². The molecule has 4 fully saturated rings. The second kappa shape index (κ2) is 9.21. The third kappa shape index (κ3) is 4.22. The van der Waals surface area contributed by atoms with Crippen LogP contribution < -0.4 is 16.0 Å². The number of nitrogens with zero attached hydrogens (tertiary/aromatic N) is 7. The Morgan fingerprint density at radius 2 is 1.78 bits per heavy atom. The molecule has 7 rings (SSSR count). The first-order valence-corrected chi connectivity index (χ1v) is 12.4. The van der Waals surface area contributed by atoms with Crippen LogP contribution in [0.15, 0.2) is 24.8 Å². The van der Waals surface area contributed by atoms with Gasteiger partial charge in [-0.1, -0.05) is 0 Å². The Morgan fingerprint density at radius 3 is 2.49 bits per heavy atom. The fraction of sp³-hybridized carbons (Fsp3) is 0.458. The van der Waals surface area contributed by atoms with Gasteiger partial charge in [-0.05, 0) is 31.8 Å². The lowest BCUT2D eigenvalue weighted by molar-refractivity contribution is -0.142. The molecule has 4 saturated heterocycles. The first-order chi connectivity index (χ1) is 17.9. The second-order valence-corrected chi connectivity index (χ2v) is 9.83. The number of hydrogen-bond donors (Lipinski definition) is 2. The summed E-state index contributed by atoms with van der Waals surface area (Å²) in [7, 11) is 0. The Hall–Kier alpha value is -3.87. The fourth-order valence-electron chi connectivity index (χ4n) is 5.80. The van der Waals surface area contributed by atoms with Crippen LogP contribution >= 0.6 is 0 Å². The number of hydrogen-bond acceptors (Lipinski definition) is 8. The molecule has 13 heteroatoms. The third-order valence-electron chi connectivity index (χ3n) is 7.70. The number of nitrogens with two attached hydrogens (primary N) is 1. The molecule has 1 unspecified atom stereocenters. The summed E-state index contributed by atoms with van der Waals surface area (Å²) >= 11 is 0. The smallest absolute Gasteiger partial charge is 0.263 e. The summed E-state index contributed by atoms with van der Waals surface area (Å²) in [6.45, 7) is 4.74. The van der Waals surface area contributed by atoms with Crippen molar-refractivity contribution in [1.82, 2.24) is 29.4 Å². The number of amides is 2. The van der Waals surface area contributed by atoms with Gasteiger partial charge in [-0.3, -0.25) is 14.6 Å². The van der Waals surface area contributed by atoms with Gasteiger partial charge in [-0.25, -0.2) is 18.3 Å². The largest absolute Gasteiger partial charge is 0.381 e. The topological polar surface area (TPSA) is 125 Å². The summed E-state index contributed by atoms with van der Waals surface area (Å²) in [5.74, 6) is -1.36. The Morgan fingerprint density at radius 1 is 1.03 bits per heavy atom. The van der Waals surface area contributed by atoms with Gasteiger partial charge in [0.25, 0.3) is 5.91 Å². The van der Waals surface area contributed by atoms with Crippen molar-refractivity contribution >= 4 is 34.7 Å². The maximum atomic E-state index is 15.0. The van der Waals surface area contributed by atoms with E-state index < -0.39 is 17.5 Å². The molecule has 0 radical (unpaired) electrons. The average Bonchev–Trinajstić information content (AvgIpc) is 3.24. The summed E-state index contributed by atoms with van der Waals surface area (Å²) in [5.41, 5.74) is 6.26. The van der Waals surface area contributed by atoms with Gasteiger partial charge in [0.1, 0.15) is 11.3 Å². The van der Waals surface area contributed by atoms with E-state index in [-0.39, 0.29) is 40.2 Å². The number of carbonyl (C=O) groups is 2. The number of rotatable bonds is 4. The van der Waals surface area contributed by atoms with Crippen molar-refractivity contribution in [3.05, 3.63) is 42.0 Å². The number of nitrogen functional groups attached to an aromatic ring is 1. The summed E-state index contributed by atoms with van der Waals surface area (Å²) in [6, 6.07) is 0. The Bertz CT molecular complexity index is 1360. The van der Waals surface area contributed by atoms with Crippen LogP contribution in [0, 0.1) is 23.5 Å². The number of halogens is 2. The van der Waals surface area contributed by atoms with E-state index in [9.17, 15) is 14.0 Å². The van der Waals surface area contributed by atoms with Crippen LogP contribution in [0.25, 0.3) is 5.65 Å². The van der Waals surface area contributed by atoms with Gasteiger partial charge in [0, 0.05) is 32.7 Å². The van der Waals surface area contributed by atoms with Gasteiger partial charge in [-0.15, -0.1) is 5.10 Å². The van der Waals surface area contributed by atoms with Crippen LogP contribution in [-0.2, 0) is 4.79 Å². The molecule has 2 amide bonds. The Kier molecular flexibility index (Phi) is 5.86. The molecule has 4 aliphatic rings. The molecule has 0 spiro atoms. The molecule has 3 aromatic heterocycles. The first kappa shape index (κ1) is 23.5. The summed E-state index contributed by atoms with van der Waals surface area (Å²) in [4.78, 5) is 40.2. The van der Waals surface area contributed by atoms with Crippen molar-refractivity contribution in [2.24, 2.45) is 11.8 Å². The monoisotopic (exact) mass is 511 g/mol. The lowest BCUT2D eigenvalue weighted by atomic mass is 9.78. The number of carbonyl (C=O) groups excluding carboxylic acids is 2. The zero-order valence-electron chi connectivity index (χ0n) is 20.1. The summed E-state index contributed by atoms with van der Waals surface area (Å²) in [5, 5.41) is 6.60. The third-order valence-corrected chi connectivity index (χ3v) is 7.70. The lowest BCUT2D eigenvalue weighted by Crippen LogP contribution is -2.56. The van der Waals surface area contributed by atoms with Crippen LogP contribution in [0.5, 0.6) is 0 Å². The van der Waals surface area contributed by atoms with E-state index in [0.717, 1.165) is 55.6 Å². The minimum atomic E-state index is -0.670. The molecule has 2 bridgehead atoms. The molecule has 194 valence electrons. The quantitative estimate of drug-likeness (QED) is 0.536. The van der Waals surface area contributed by atoms with Gasteiger partial charge < -0.3 is 25.8 Å². The summed E-state index contributed by atoms with van der Waals surface area (Å²) < 4.78 is 29.6. The number of pyridine rings is 1. The Labute approximate surface area is 211 Å². The molecule has 3 N–H and O–H groups in total. The highest BCUT2D eigenvalue weighted by Crippen LogP contribution is 2.35. The highest BCUT2D eigenvalue weighted by molar-refractivity contribution is 6.12. The van der Waals surface area contributed by atoms with Crippen LogP contribution in [-0.4, -0.2) is 87.0 Å². The van der Waals surface area contributed by atoms with E-state index in [4.69, 9.17) is 5.73 Å². The number of fused-ring (bicyclic) bond motifs is 4. The van der Waals surface area contributed by atoms with E-state index in [2.05, 4.69) is 25.3 Å². The molecule has 11 nitrogen and oxygen atoms in total. The van der Waals surface area contributed by atoms with E-state index in [1.807, 2.05) is 4.90 Å². The van der Waals surface area contributed by atoms with E-state index in [1.165, 1.54) is 6.20 Å². The van der Waals surface area contributed by atoms with Crippen LogP contribution in [0.2, 0.25) is 0 Å². The number of nitrogens with one attached hydrogen (secondary N) is 1. The number of anilines is 3. The second-order valence-electron chi connectivity index (χ2n) is 9.83. The molecule has 1 atom stereocenters. The van der Waals surface area contributed by atoms with E-state index >= 15 is 4.39 Å². The number of aromatic nitrogens is 4. The van der Waals surface area contributed by atoms with Crippen molar-refractivity contribution in [3.8, 4) is 0 Å². The standard InChI is InChI=1S/C24H27F2N9O2/c25-15-9-29-22-19(21(27)31-35(22)12-15)23(36)30-18-11-28-10-17(26)20(18)33-5-7-34(8-6-33)24(37)16-13-32-3-1-14(16)2-4-32/h9-12,14,16H,1-8,13H2,(H2,27,31)(H,30,36). The van der Waals surface area contributed by atoms with Gasteiger partial charge in [-0.2, -0.15) is 0 Å². The maximum absolute atomic E-state index is 15.0. The highest BCUT2D eigenvalue weighted by Gasteiger charge is 2.40. The zero-order chi connectivity index (χ0) is 25.7. The first-order valence-electron chi connectivity index (χ1n) is 12.4. The van der Waals surface area contributed by atoms with Crippen molar-refractivity contribution in [1.29, 1.82) is 0 Å². The average molecular weight is 512 g/mol. The lowest BCUT2D eigenvalue weighted by Gasteiger charge is -2.46. The van der Waals surface area contributed by atoms with Crippen molar-refractivity contribution in [2.45, 2.75) is 12.8 Å². The van der Waals surface area contributed by atoms with E-state index in [0.29, 0.717) is 32.1 Å². The predicted octanol–water partition coefficient (Wildman–Crippen LogP) is 1.23. The highest BCUT2D eigenvalue weighted by atomic mass is 19.1. The van der Waals surface area contributed by atoms with Crippen molar-refractivity contribution in [2.75, 3.05) is 61.8 Å². The predicted molar refractivity (Wildman–Crippen MR) is 131 cm³/mol. The minimum absolute atomic E-state index is 0.0416. The normalized spacial score (nSPS) is 23.5. The van der Waals surface area contributed by atoms with Crippen LogP contribution in [0.1, 0.15) is 23.2 Å². The zero-order valence-corrected chi connectivity index (χ0v) is 20.1. The van der Waals surface area contributed by atoms with Gasteiger partial charge in [0.15, 0.2) is 23.1 Å². The molecular weight excluding hydrogens is 484 g/mol. The maximum Gasteiger partial charge on any atom is 0.263 e. The minimum Gasteiger partial charge on any atom is -0.381 e. The number of piperidine rings is 3. The number of piperazine rings is 1. The van der Waals surface area contributed by atoms with Gasteiger partial charge in [0.05, 0.1) is 36.4 Å². The molecular formula is C24H27F2N9O2. The van der Waals surface area contributed by atoms with Crippen LogP contribution in [0.3, 0.4) is 0 Å². The molecule has 37 heavy (non-hydrogen) atoms. The SMILES string of the molecule is Nc1nn2cc(F)cnc2c1C(=O)Nc1cncc(F)c1N1CCN(C(=O)C2CN3CCC2CC3)CC1. The Balaban J connectivity index is 1.18. The molecule has 7 heterocycles. The molecule has 4 aliphatic heterocycles. The van der Waals surface area contributed by atoms with E-state index in [1.54, 1.807) is 4.90 Å². The van der Waals surface area contributed by atoms with Gasteiger partial charge >= 0.3 is 0 Å². The van der Waals surface area contributed by atoms with Crippen LogP contribution in [0.4, 0.5) is 26.0 Å². The summed E-state index contributed by atoms with van der Waals surface area (Å²) in [6.07, 6.45) is 6.60. The van der Waals surface area contributed by atoms with Gasteiger partial charge in [0.2, 0.25) is 5.91 Å². The molecule has 0 aliphatic carbocycles. The fourth-order valence-corrected chi connectivity index (χ4v) is 5.80.